The molecule has 0 aliphatic carbocycles. The van der Waals surface area contributed by atoms with E-state index in [1.165, 1.54) is 7.11 Å². The first-order chi connectivity index (χ1) is 10.1. The van der Waals surface area contributed by atoms with Crippen LogP contribution < -0.4 is 5.32 Å². The lowest BCUT2D eigenvalue weighted by Gasteiger charge is -2.08. The van der Waals surface area contributed by atoms with Gasteiger partial charge in [-0.25, -0.2) is 0 Å². The van der Waals surface area contributed by atoms with Crippen LogP contribution in [-0.2, 0) is 16.0 Å². The number of carbonyl (C=O) groups is 2. The predicted molar refractivity (Wildman–Crippen MR) is 79.0 cm³/mol. The standard InChI is InChI=1S/C15H23N3O3/c1-4-13-12(10-11(2)17-18-13)15(20)16-9-7-5-6-8-14(19)21-3/h10H,4-9H2,1-3H3,(H,16,20). The number of carbonyl (C=O) groups excluding carboxylic acids is 2. The van der Waals surface area contributed by atoms with Crippen molar-refractivity contribution in [2.24, 2.45) is 0 Å². The van der Waals surface area contributed by atoms with Gasteiger partial charge >= 0.3 is 5.97 Å². The van der Waals surface area contributed by atoms with E-state index in [1.54, 1.807) is 6.07 Å². The topological polar surface area (TPSA) is 81.2 Å². The quantitative estimate of drug-likeness (QED) is 0.584. The maximum Gasteiger partial charge on any atom is 0.305 e. The van der Waals surface area contributed by atoms with Crippen molar-refractivity contribution in [2.45, 2.75) is 46.0 Å². The lowest BCUT2D eigenvalue weighted by molar-refractivity contribution is -0.140. The van der Waals surface area contributed by atoms with Crippen LogP contribution in [0.1, 0.15) is 54.4 Å². The molecule has 0 unspecified atom stereocenters. The van der Waals surface area contributed by atoms with Gasteiger partial charge in [-0.2, -0.15) is 10.2 Å². The molecule has 1 heterocycles. The normalized spacial score (nSPS) is 10.2. The van der Waals surface area contributed by atoms with Crippen LogP contribution in [-0.4, -0.2) is 35.7 Å². The minimum atomic E-state index is -0.190. The van der Waals surface area contributed by atoms with Gasteiger partial charge in [-0.05, 0) is 32.3 Å². The first kappa shape index (κ1) is 17.1. The fourth-order valence-electron chi connectivity index (χ4n) is 1.94. The van der Waals surface area contributed by atoms with Crippen LogP contribution >= 0.6 is 0 Å². The summed E-state index contributed by atoms with van der Waals surface area (Å²) in [5.74, 6) is -0.303. The zero-order valence-corrected chi connectivity index (χ0v) is 12.9. The van der Waals surface area contributed by atoms with E-state index < -0.39 is 0 Å². The van der Waals surface area contributed by atoms with E-state index in [2.05, 4.69) is 20.3 Å². The number of nitrogens with zero attached hydrogens (tertiary/aromatic N) is 2. The monoisotopic (exact) mass is 293 g/mol. The van der Waals surface area contributed by atoms with Crippen LogP contribution in [0.4, 0.5) is 0 Å². The number of aryl methyl sites for hydroxylation is 2. The average Bonchev–Trinajstić information content (AvgIpc) is 2.50. The van der Waals surface area contributed by atoms with Crippen LogP contribution in [0.3, 0.4) is 0 Å². The maximum atomic E-state index is 12.1. The van der Waals surface area contributed by atoms with Crippen molar-refractivity contribution in [3.05, 3.63) is 23.0 Å². The highest BCUT2D eigenvalue weighted by Gasteiger charge is 2.12. The van der Waals surface area contributed by atoms with Gasteiger partial charge in [0.2, 0.25) is 0 Å². The van der Waals surface area contributed by atoms with Crippen molar-refractivity contribution >= 4 is 11.9 Å². The molecule has 0 radical (unpaired) electrons. The molecule has 6 nitrogen and oxygen atoms in total. The Morgan fingerprint density at radius 2 is 2.00 bits per heavy atom. The number of hydrogen-bond acceptors (Lipinski definition) is 5. The zero-order valence-electron chi connectivity index (χ0n) is 12.9. The van der Waals surface area contributed by atoms with Gasteiger partial charge in [0.15, 0.2) is 0 Å². The second-order valence-corrected chi connectivity index (χ2v) is 4.84. The summed E-state index contributed by atoms with van der Waals surface area (Å²) in [7, 11) is 1.39. The van der Waals surface area contributed by atoms with Crippen LogP contribution in [0, 0.1) is 6.92 Å². The molecule has 1 rings (SSSR count). The van der Waals surface area contributed by atoms with E-state index in [0.29, 0.717) is 30.6 Å². The maximum absolute atomic E-state index is 12.1. The molecular formula is C15H23N3O3. The molecule has 1 N–H and O–H groups in total. The highest BCUT2D eigenvalue weighted by Crippen LogP contribution is 2.07. The van der Waals surface area contributed by atoms with Crippen molar-refractivity contribution in [3.63, 3.8) is 0 Å². The van der Waals surface area contributed by atoms with Crippen molar-refractivity contribution in [3.8, 4) is 0 Å². The summed E-state index contributed by atoms with van der Waals surface area (Å²) < 4.78 is 4.57. The van der Waals surface area contributed by atoms with E-state index in [1.807, 2.05) is 13.8 Å². The van der Waals surface area contributed by atoms with Gasteiger partial charge in [0.1, 0.15) is 0 Å². The molecule has 21 heavy (non-hydrogen) atoms. The van der Waals surface area contributed by atoms with Gasteiger partial charge in [-0.1, -0.05) is 13.3 Å². The SMILES string of the molecule is CCc1nnc(C)cc1C(=O)NCCCCCC(=O)OC. The Morgan fingerprint density at radius 3 is 2.67 bits per heavy atom. The van der Waals surface area contributed by atoms with Crippen molar-refractivity contribution in [2.75, 3.05) is 13.7 Å². The smallest absolute Gasteiger partial charge is 0.305 e. The van der Waals surface area contributed by atoms with Crippen LogP contribution in [0.25, 0.3) is 0 Å². The Balaban J connectivity index is 2.34. The van der Waals surface area contributed by atoms with Crippen LogP contribution in [0.5, 0.6) is 0 Å². The molecule has 0 atom stereocenters. The first-order valence-electron chi connectivity index (χ1n) is 7.26. The molecule has 6 heteroatoms. The summed E-state index contributed by atoms with van der Waals surface area (Å²) in [6.45, 7) is 4.35. The molecule has 0 spiro atoms. The summed E-state index contributed by atoms with van der Waals surface area (Å²) in [6, 6.07) is 1.76. The van der Waals surface area contributed by atoms with E-state index in [0.717, 1.165) is 25.0 Å². The van der Waals surface area contributed by atoms with Crippen LogP contribution in [0.15, 0.2) is 6.07 Å². The van der Waals surface area contributed by atoms with Crippen molar-refractivity contribution < 1.29 is 14.3 Å². The molecule has 0 aliphatic rings. The number of hydrogen-bond donors (Lipinski definition) is 1. The number of methoxy groups -OCH3 is 1. The van der Waals surface area contributed by atoms with Gasteiger partial charge in [0.05, 0.1) is 24.1 Å². The summed E-state index contributed by atoms with van der Waals surface area (Å²) >= 11 is 0. The van der Waals surface area contributed by atoms with E-state index in [4.69, 9.17) is 0 Å². The molecule has 1 aromatic rings. The first-order valence-corrected chi connectivity index (χ1v) is 7.26. The number of esters is 1. The molecule has 116 valence electrons. The molecule has 0 bridgehead atoms. The summed E-state index contributed by atoms with van der Waals surface area (Å²) in [5.41, 5.74) is 2.04. The van der Waals surface area contributed by atoms with Crippen molar-refractivity contribution in [1.82, 2.24) is 15.5 Å². The highest BCUT2D eigenvalue weighted by atomic mass is 16.5. The summed E-state index contributed by atoms with van der Waals surface area (Å²) in [6.07, 6.45) is 3.59. The molecule has 0 saturated carbocycles. The second-order valence-electron chi connectivity index (χ2n) is 4.84. The minimum Gasteiger partial charge on any atom is -0.469 e. The largest absolute Gasteiger partial charge is 0.469 e. The summed E-state index contributed by atoms with van der Waals surface area (Å²) in [4.78, 5) is 23.0. The average molecular weight is 293 g/mol. The van der Waals surface area contributed by atoms with E-state index in [9.17, 15) is 9.59 Å². The molecule has 0 saturated heterocycles. The number of unbranched alkanes of at least 4 members (excludes halogenated alkanes) is 2. The fraction of sp³-hybridized carbons (Fsp3) is 0.600. The third kappa shape index (κ3) is 5.89. The van der Waals surface area contributed by atoms with Gasteiger partial charge in [0.25, 0.3) is 5.91 Å². The fourth-order valence-corrected chi connectivity index (χ4v) is 1.94. The predicted octanol–water partition coefficient (Wildman–Crippen LogP) is 1.81. The third-order valence-electron chi connectivity index (χ3n) is 3.14. The number of aromatic nitrogens is 2. The van der Waals surface area contributed by atoms with Gasteiger partial charge in [-0.3, -0.25) is 9.59 Å². The molecule has 1 amide bonds. The van der Waals surface area contributed by atoms with Gasteiger partial charge < -0.3 is 10.1 Å². The molecule has 1 aromatic heterocycles. The molecule has 0 fully saturated rings. The Kier molecular flexibility index (Phi) is 7.36. The molecule has 0 aromatic carbocycles. The lowest BCUT2D eigenvalue weighted by Crippen LogP contribution is -2.26. The van der Waals surface area contributed by atoms with Crippen LogP contribution in [0.2, 0.25) is 0 Å². The second kappa shape index (κ2) is 9.05. The number of rotatable bonds is 8. The summed E-state index contributed by atoms with van der Waals surface area (Å²) in [5, 5.41) is 10.9. The van der Waals surface area contributed by atoms with E-state index in [-0.39, 0.29) is 11.9 Å². The molecular weight excluding hydrogens is 270 g/mol. The number of amides is 1. The zero-order chi connectivity index (χ0) is 15.7. The van der Waals surface area contributed by atoms with Gasteiger partial charge in [0, 0.05) is 13.0 Å². The highest BCUT2D eigenvalue weighted by molar-refractivity contribution is 5.95. The van der Waals surface area contributed by atoms with Gasteiger partial charge in [-0.15, -0.1) is 0 Å². The van der Waals surface area contributed by atoms with Crippen molar-refractivity contribution in [1.29, 1.82) is 0 Å². The third-order valence-corrected chi connectivity index (χ3v) is 3.14. The minimum absolute atomic E-state index is 0.113. The Bertz CT molecular complexity index is 489. The number of nitrogens with one attached hydrogen (secondary N) is 1. The van der Waals surface area contributed by atoms with E-state index >= 15 is 0 Å². The molecule has 0 aliphatic heterocycles. The number of ether oxygens (including phenoxy) is 1. The Hall–Kier alpha value is -1.98. The Morgan fingerprint density at radius 1 is 1.24 bits per heavy atom. The Labute approximate surface area is 125 Å². The lowest BCUT2D eigenvalue weighted by atomic mass is 10.1.